The number of rotatable bonds is 5. The zero-order valence-corrected chi connectivity index (χ0v) is 14.6. The van der Waals surface area contributed by atoms with E-state index in [9.17, 15) is 4.79 Å². The van der Waals surface area contributed by atoms with Crippen LogP contribution in [0, 0.1) is 5.92 Å². The minimum Gasteiger partial charge on any atom is -0.486 e. The Morgan fingerprint density at radius 1 is 1.08 bits per heavy atom. The number of carboxylic acids is 1. The number of benzene rings is 2. The first-order valence-corrected chi connectivity index (χ1v) is 9.09. The second-order valence-corrected chi connectivity index (χ2v) is 7.08. The number of ether oxygens (including phenoxy) is 2. The Balaban J connectivity index is 1.32. The van der Waals surface area contributed by atoms with Crippen LogP contribution >= 0.6 is 0 Å². The fourth-order valence-corrected chi connectivity index (χ4v) is 3.64. The largest absolute Gasteiger partial charge is 0.486 e. The highest BCUT2D eigenvalue weighted by Gasteiger charge is 2.27. The molecule has 0 spiro atoms. The summed E-state index contributed by atoms with van der Waals surface area (Å²) in [5.74, 6) is 0.714. The molecular weight excluding hydrogens is 330 g/mol. The summed E-state index contributed by atoms with van der Waals surface area (Å²) >= 11 is 0. The topological polar surface area (TPSA) is 59.0 Å². The molecule has 2 atom stereocenters. The standard InChI is InChI=1S/C21H23NO4/c23-21(24)17-9-10-22(13-17)12-16-7-5-15(6-8-16)11-18-14-25-19-3-1-2-4-20(19)26-18/h1-8,17-18H,9-14H2,(H,23,24)/t17-,18?/m1/s1. The predicted molar refractivity (Wildman–Crippen MR) is 97.5 cm³/mol. The zero-order valence-electron chi connectivity index (χ0n) is 14.6. The molecule has 2 heterocycles. The van der Waals surface area contributed by atoms with Crippen LogP contribution in [0.1, 0.15) is 17.5 Å². The van der Waals surface area contributed by atoms with Crippen molar-refractivity contribution in [2.24, 2.45) is 5.92 Å². The van der Waals surface area contributed by atoms with Crippen LogP contribution in [0.15, 0.2) is 48.5 Å². The SMILES string of the molecule is O=C(O)[C@@H]1CCN(Cc2ccc(CC3COc4ccccc4O3)cc2)C1. The van der Waals surface area contributed by atoms with Crippen LogP contribution in [0.3, 0.4) is 0 Å². The molecule has 5 nitrogen and oxygen atoms in total. The number of aliphatic carboxylic acids is 1. The normalized spacial score (nSPS) is 22.3. The smallest absolute Gasteiger partial charge is 0.307 e. The lowest BCUT2D eigenvalue weighted by molar-refractivity contribution is -0.141. The summed E-state index contributed by atoms with van der Waals surface area (Å²) in [6.07, 6.45) is 1.57. The molecular formula is C21H23NO4. The van der Waals surface area contributed by atoms with Crippen molar-refractivity contribution in [3.63, 3.8) is 0 Å². The zero-order chi connectivity index (χ0) is 17.9. The van der Waals surface area contributed by atoms with Gasteiger partial charge in [0.2, 0.25) is 0 Å². The van der Waals surface area contributed by atoms with Gasteiger partial charge in [-0.15, -0.1) is 0 Å². The van der Waals surface area contributed by atoms with E-state index in [1.165, 1.54) is 11.1 Å². The van der Waals surface area contributed by atoms with Crippen LogP contribution in [-0.2, 0) is 17.8 Å². The number of carboxylic acid groups (broad SMARTS) is 1. The number of hydrogen-bond donors (Lipinski definition) is 1. The van der Waals surface area contributed by atoms with Crippen molar-refractivity contribution in [1.29, 1.82) is 0 Å². The van der Waals surface area contributed by atoms with Crippen molar-refractivity contribution in [2.75, 3.05) is 19.7 Å². The molecule has 0 amide bonds. The van der Waals surface area contributed by atoms with Gasteiger partial charge in [0.05, 0.1) is 5.92 Å². The third kappa shape index (κ3) is 3.83. The second-order valence-electron chi connectivity index (χ2n) is 7.08. The van der Waals surface area contributed by atoms with E-state index in [1.807, 2.05) is 24.3 Å². The van der Waals surface area contributed by atoms with Gasteiger partial charge in [-0.2, -0.15) is 0 Å². The molecule has 1 fully saturated rings. The lowest BCUT2D eigenvalue weighted by Crippen LogP contribution is -2.31. The van der Waals surface area contributed by atoms with Crippen molar-refractivity contribution in [1.82, 2.24) is 4.90 Å². The number of para-hydroxylation sites is 2. The maximum Gasteiger partial charge on any atom is 0.307 e. The summed E-state index contributed by atoms with van der Waals surface area (Å²) in [4.78, 5) is 13.3. The lowest BCUT2D eigenvalue weighted by Gasteiger charge is -2.26. The summed E-state index contributed by atoms with van der Waals surface area (Å²) in [5, 5.41) is 9.10. The molecule has 26 heavy (non-hydrogen) atoms. The number of fused-ring (bicyclic) bond motifs is 1. The first-order valence-electron chi connectivity index (χ1n) is 9.09. The Bertz CT molecular complexity index is 774. The van der Waals surface area contributed by atoms with Crippen LogP contribution in [0.2, 0.25) is 0 Å². The van der Waals surface area contributed by atoms with Crippen LogP contribution in [0.5, 0.6) is 11.5 Å². The number of likely N-dealkylation sites (tertiary alicyclic amines) is 1. The highest BCUT2D eigenvalue weighted by atomic mass is 16.6. The molecule has 0 aliphatic carbocycles. The number of carbonyl (C=O) groups is 1. The van der Waals surface area contributed by atoms with E-state index in [0.717, 1.165) is 37.4 Å². The summed E-state index contributed by atoms with van der Waals surface area (Å²) in [6.45, 7) is 2.86. The molecule has 5 heteroatoms. The molecule has 4 rings (SSSR count). The Labute approximate surface area is 153 Å². The maximum absolute atomic E-state index is 11.1. The van der Waals surface area contributed by atoms with Crippen LogP contribution in [0.4, 0.5) is 0 Å². The Morgan fingerprint density at radius 3 is 2.54 bits per heavy atom. The van der Waals surface area contributed by atoms with Gasteiger partial charge in [0.15, 0.2) is 11.5 Å². The predicted octanol–water partition coefficient (Wildman–Crippen LogP) is 2.98. The third-order valence-corrected chi connectivity index (χ3v) is 5.08. The molecule has 0 bridgehead atoms. The molecule has 2 aliphatic heterocycles. The van der Waals surface area contributed by atoms with Crippen molar-refractivity contribution < 1.29 is 19.4 Å². The molecule has 0 saturated carbocycles. The van der Waals surface area contributed by atoms with E-state index < -0.39 is 5.97 Å². The second kappa shape index (κ2) is 7.38. The molecule has 1 saturated heterocycles. The van der Waals surface area contributed by atoms with Gasteiger partial charge in [0.25, 0.3) is 0 Å². The van der Waals surface area contributed by atoms with Crippen LogP contribution in [-0.4, -0.2) is 41.8 Å². The monoisotopic (exact) mass is 353 g/mol. The Hall–Kier alpha value is -2.53. The van der Waals surface area contributed by atoms with E-state index in [4.69, 9.17) is 14.6 Å². The van der Waals surface area contributed by atoms with E-state index in [2.05, 4.69) is 29.2 Å². The van der Waals surface area contributed by atoms with Crippen molar-refractivity contribution in [3.8, 4) is 11.5 Å². The van der Waals surface area contributed by atoms with Gasteiger partial charge in [-0.3, -0.25) is 9.69 Å². The highest BCUT2D eigenvalue weighted by Crippen LogP contribution is 2.31. The molecule has 0 radical (unpaired) electrons. The molecule has 1 unspecified atom stereocenters. The Morgan fingerprint density at radius 2 is 1.81 bits per heavy atom. The number of hydrogen-bond acceptors (Lipinski definition) is 4. The van der Waals surface area contributed by atoms with Crippen molar-refractivity contribution in [3.05, 3.63) is 59.7 Å². The maximum atomic E-state index is 11.1. The minimum atomic E-state index is -0.681. The summed E-state index contributed by atoms with van der Waals surface area (Å²) in [6, 6.07) is 16.3. The van der Waals surface area contributed by atoms with Crippen molar-refractivity contribution >= 4 is 5.97 Å². The molecule has 2 aromatic carbocycles. The van der Waals surface area contributed by atoms with Gasteiger partial charge in [-0.25, -0.2) is 0 Å². The van der Waals surface area contributed by atoms with Gasteiger partial charge in [-0.05, 0) is 36.2 Å². The quantitative estimate of drug-likeness (QED) is 0.895. The van der Waals surface area contributed by atoms with E-state index in [0.29, 0.717) is 13.2 Å². The van der Waals surface area contributed by atoms with Crippen LogP contribution in [0.25, 0.3) is 0 Å². The first-order chi connectivity index (χ1) is 12.7. The molecule has 1 N–H and O–H groups in total. The highest BCUT2D eigenvalue weighted by molar-refractivity contribution is 5.70. The van der Waals surface area contributed by atoms with E-state index in [-0.39, 0.29) is 12.0 Å². The summed E-state index contributed by atoms with van der Waals surface area (Å²) in [7, 11) is 0. The van der Waals surface area contributed by atoms with Gasteiger partial charge < -0.3 is 14.6 Å². The van der Waals surface area contributed by atoms with Gasteiger partial charge in [-0.1, -0.05) is 36.4 Å². The Kier molecular flexibility index (Phi) is 4.80. The van der Waals surface area contributed by atoms with Gasteiger partial charge in [0.1, 0.15) is 12.7 Å². The fourth-order valence-electron chi connectivity index (χ4n) is 3.64. The average molecular weight is 353 g/mol. The van der Waals surface area contributed by atoms with E-state index in [1.54, 1.807) is 0 Å². The lowest BCUT2D eigenvalue weighted by atomic mass is 10.1. The van der Waals surface area contributed by atoms with Gasteiger partial charge >= 0.3 is 5.97 Å². The van der Waals surface area contributed by atoms with Crippen LogP contribution < -0.4 is 9.47 Å². The van der Waals surface area contributed by atoms with Crippen molar-refractivity contribution in [2.45, 2.75) is 25.5 Å². The number of nitrogens with zero attached hydrogens (tertiary/aromatic N) is 1. The molecule has 2 aromatic rings. The fraction of sp³-hybridized carbons (Fsp3) is 0.381. The third-order valence-electron chi connectivity index (χ3n) is 5.08. The first kappa shape index (κ1) is 16.9. The molecule has 0 aromatic heterocycles. The summed E-state index contributed by atoms with van der Waals surface area (Å²) in [5.41, 5.74) is 2.43. The summed E-state index contributed by atoms with van der Waals surface area (Å²) < 4.78 is 11.8. The van der Waals surface area contributed by atoms with E-state index >= 15 is 0 Å². The molecule has 2 aliphatic rings. The molecule has 136 valence electrons. The van der Waals surface area contributed by atoms with Gasteiger partial charge in [0, 0.05) is 19.5 Å². The minimum absolute atomic E-state index is 0.0191. The average Bonchev–Trinajstić information content (AvgIpc) is 3.12.